The molecule has 2 aromatic heterocycles. The number of carbonyl (C=O) groups excluding carboxylic acids is 1. The molecule has 27 heavy (non-hydrogen) atoms. The molecule has 1 aromatic carbocycles. The lowest BCUT2D eigenvalue weighted by molar-refractivity contribution is -0.120. The van der Waals surface area contributed by atoms with Gasteiger partial charge in [-0.05, 0) is 54.5 Å². The normalized spacial score (nSPS) is 16.9. The predicted molar refractivity (Wildman–Crippen MR) is 102 cm³/mol. The molecule has 1 amide bonds. The molecule has 1 aliphatic heterocycles. The number of anilines is 2. The van der Waals surface area contributed by atoms with E-state index in [0.29, 0.717) is 18.3 Å². The number of benzene rings is 1. The van der Waals surface area contributed by atoms with E-state index in [0.717, 1.165) is 30.8 Å². The van der Waals surface area contributed by atoms with E-state index in [2.05, 4.69) is 30.7 Å². The summed E-state index contributed by atoms with van der Waals surface area (Å²) < 4.78 is 1.71. The number of aryl methyl sites for hydroxylation is 1. The highest BCUT2D eigenvalue weighted by atomic mass is 16.2. The molecule has 3 aromatic rings. The third-order valence-electron chi connectivity index (χ3n) is 4.67. The van der Waals surface area contributed by atoms with Crippen molar-refractivity contribution in [3.63, 3.8) is 0 Å². The number of hydrogen-bond acceptors (Lipinski definition) is 6. The number of carbonyl (C=O) groups is 1. The number of piperidine rings is 1. The van der Waals surface area contributed by atoms with Gasteiger partial charge in [-0.25, -0.2) is 4.98 Å². The standard InChI is InChI=1S/C19H21N7O/c1-14-7-5-11-17(20-14)21-18(27)15-8-6-12-25(13-15)19-22-23-24-26(19)16-9-3-2-4-10-16/h2-5,7,9-11,15H,6,8,12-13H2,1H3,(H,20,21,27). The van der Waals surface area contributed by atoms with Crippen LogP contribution in [-0.2, 0) is 4.79 Å². The van der Waals surface area contributed by atoms with Crippen molar-refractivity contribution in [2.45, 2.75) is 19.8 Å². The quantitative estimate of drug-likeness (QED) is 0.765. The Morgan fingerprint density at radius 1 is 1.15 bits per heavy atom. The van der Waals surface area contributed by atoms with Crippen molar-refractivity contribution in [1.29, 1.82) is 0 Å². The van der Waals surface area contributed by atoms with Crippen LogP contribution >= 0.6 is 0 Å². The maximum absolute atomic E-state index is 12.7. The zero-order chi connectivity index (χ0) is 18.6. The minimum atomic E-state index is -0.137. The molecule has 0 bridgehead atoms. The highest BCUT2D eigenvalue weighted by Gasteiger charge is 2.29. The van der Waals surface area contributed by atoms with Crippen LogP contribution in [0.2, 0.25) is 0 Å². The molecule has 1 N–H and O–H groups in total. The number of nitrogens with zero attached hydrogens (tertiary/aromatic N) is 6. The van der Waals surface area contributed by atoms with E-state index in [1.54, 1.807) is 10.7 Å². The maximum Gasteiger partial charge on any atom is 0.250 e. The van der Waals surface area contributed by atoms with Gasteiger partial charge in [0.1, 0.15) is 5.82 Å². The second kappa shape index (κ2) is 7.53. The van der Waals surface area contributed by atoms with Crippen molar-refractivity contribution in [2.75, 3.05) is 23.3 Å². The first-order valence-electron chi connectivity index (χ1n) is 9.04. The molecular weight excluding hydrogens is 342 g/mol. The highest BCUT2D eigenvalue weighted by molar-refractivity contribution is 5.92. The van der Waals surface area contributed by atoms with E-state index in [-0.39, 0.29) is 11.8 Å². The van der Waals surface area contributed by atoms with Crippen molar-refractivity contribution in [2.24, 2.45) is 5.92 Å². The van der Waals surface area contributed by atoms with Crippen LogP contribution in [0.25, 0.3) is 5.69 Å². The Morgan fingerprint density at radius 3 is 2.81 bits per heavy atom. The lowest BCUT2D eigenvalue weighted by Crippen LogP contribution is -2.42. The summed E-state index contributed by atoms with van der Waals surface area (Å²) in [6.45, 7) is 3.30. The van der Waals surface area contributed by atoms with Crippen molar-refractivity contribution >= 4 is 17.7 Å². The lowest BCUT2D eigenvalue weighted by Gasteiger charge is -2.32. The molecule has 0 radical (unpaired) electrons. The number of pyridine rings is 1. The zero-order valence-corrected chi connectivity index (χ0v) is 15.1. The minimum Gasteiger partial charge on any atom is -0.339 e. The molecular formula is C19H21N7O. The number of aromatic nitrogens is 5. The Hall–Kier alpha value is -3.29. The molecule has 0 aliphatic carbocycles. The van der Waals surface area contributed by atoms with Gasteiger partial charge in [-0.3, -0.25) is 4.79 Å². The summed E-state index contributed by atoms with van der Waals surface area (Å²) in [7, 11) is 0. The summed E-state index contributed by atoms with van der Waals surface area (Å²) in [5, 5.41) is 15.1. The molecule has 1 unspecified atom stereocenters. The summed E-state index contributed by atoms with van der Waals surface area (Å²) >= 11 is 0. The number of rotatable bonds is 4. The molecule has 1 fully saturated rings. The summed E-state index contributed by atoms with van der Waals surface area (Å²) in [5.74, 6) is 1.09. The fourth-order valence-corrected chi connectivity index (χ4v) is 3.33. The lowest BCUT2D eigenvalue weighted by atomic mass is 9.97. The fourth-order valence-electron chi connectivity index (χ4n) is 3.33. The number of para-hydroxylation sites is 1. The monoisotopic (exact) mass is 363 g/mol. The zero-order valence-electron chi connectivity index (χ0n) is 15.1. The van der Waals surface area contributed by atoms with E-state index in [9.17, 15) is 4.79 Å². The van der Waals surface area contributed by atoms with Crippen LogP contribution in [0.1, 0.15) is 18.5 Å². The van der Waals surface area contributed by atoms with Gasteiger partial charge in [-0.1, -0.05) is 29.4 Å². The molecule has 1 aliphatic rings. The second-order valence-electron chi connectivity index (χ2n) is 6.66. The Bertz CT molecular complexity index is 925. The SMILES string of the molecule is Cc1cccc(NC(=O)C2CCCN(c3nnnn3-c3ccccc3)C2)n1. The van der Waals surface area contributed by atoms with Gasteiger partial charge < -0.3 is 10.2 Å². The molecule has 8 heteroatoms. The van der Waals surface area contributed by atoms with Crippen molar-refractivity contribution in [3.05, 3.63) is 54.2 Å². The van der Waals surface area contributed by atoms with Gasteiger partial charge in [-0.15, -0.1) is 0 Å². The number of hydrogen-bond donors (Lipinski definition) is 1. The number of nitrogens with one attached hydrogen (secondary N) is 1. The van der Waals surface area contributed by atoms with E-state index >= 15 is 0 Å². The third kappa shape index (κ3) is 3.79. The molecule has 1 atom stereocenters. The second-order valence-corrected chi connectivity index (χ2v) is 6.66. The molecule has 3 heterocycles. The van der Waals surface area contributed by atoms with Crippen LogP contribution in [0.3, 0.4) is 0 Å². The molecule has 8 nitrogen and oxygen atoms in total. The van der Waals surface area contributed by atoms with E-state index in [4.69, 9.17) is 0 Å². The first-order valence-corrected chi connectivity index (χ1v) is 9.04. The maximum atomic E-state index is 12.7. The van der Waals surface area contributed by atoms with Gasteiger partial charge in [0.2, 0.25) is 11.9 Å². The Labute approximate surface area is 157 Å². The van der Waals surface area contributed by atoms with Crippen LogP contribution in [-0.4, -0.2) is 44.2 Å². The minimum absolute atomic E-state index is 0.0171. The van der Waals surface area contributed by atoms with Crippen molar-refractivity contribution in [3.8, 4) is 5.69 Å². The summed E-state index contributed by atoms with van der Waals surface area (Å²) in [5.41, 5.74) is 1.77. The van der Waals surface area contributed by atoms with Crippen molar-refractivity contribution < 1.29 is 4.79 Å². The van der Waals surface area contributed by atoms with Gasteiger partial charge >= 0.3 is 0 Å². The summed E-state index contributed by atoms with van der Waals surface area (Å²) in [4.78, 5) is 19.1. The van der Waals surface area contributed by atoms with Crippen LogP contribution in [0.5, 0.6) is 0 Å². The molecule has 0 spiro atoms. The fraction of sp³-hybridized carbons (Fsp3) is 0.316. The number of amides is 1. The smallest absolute Gasteiger partial charge is 0.250 e. The van der Waals surface area contributed by atoms with E-state index in [1.807, 2.05) is 49.4 Å². The predicted octanol–water partition coefficient (Wildman–Crippen LogP) is 2.22. The highest BCUT2D eigenvalue weighted by Crippen LogP contribution is 2.24. The molecule has 0 saturated carbocycles. The Balaban J connectivity index is 1.49. The van der Waals surface area contributed by atoms with Crippen molar-refractivity contribution in [1.82, 2.24) is 25.2 Å². The first-order chi connectivity index (χ1) is 13.2. The molecule has 138 valence electrons. The van der Waals surface area contributed by atoms with Gasteiger partial charge in [0.25, 0.3) is 0 Å². The van der Waals surface area contributed by atoms with Gasteiger partial charge in [0.15, 0.2) is 0 Å². The third-order valence-corrected chi connectivity index (χ3v) is 4.67. The first kappa shape index (κ1) is 17.1. The van der Waals surface area contributed by atoms with Crippen LogP contribution < -0.4 is 10.2 Å². The van der Waals surface area contributed by atoms with Gasteiger partial charge in [0, 0.05) is 18.8 Å². The Kier molecular flexibility index (Phi) is 4.78. The van der Waals surface area contributed by atoms with Gasteiger partial charge in [-0.2, -0.15) is 4.68 Å². The summed E-state index contributed by atoms with van der Waals surface area (Å²) in [6, 6.07) is 15.4. The molecule has 4 rings (SSSR count). The average Bonchev–Trinajstić information content (AvgIpc) is 3.19. The summed E-state index contributed by atoms with van der Waals surface area (Å²) in [6.07, 6.45) is 1.74. The van der Waals surface area contributed by atoms with Crippen LogP contribution in [0.4, 0.5) is 11.8 Å². The van der Waals surface area contributed by atoms with Gasteiger partial charge in [0.05, 0.1) is 11.6 Å². The van der Waals surface area contributed by atoms with E-state index < -0.39 is 0 Å². The van der Waals surface area contributed by atoms with Crippen LogP contribution in [0, 0.1) is 12.8 Å². The largest absolute Gasteiger partial charge is 0.339 e. The molecule has 1 saturated heterocycles. The van der Waals surface area contributed by atoms with Crippen LogP contribution in [0.15, 0.2) is 48.5 Å². The Morgan fingerprint density at radius 2 is 2.00 bits per heavy atom. The number of tetrazole rings is 1. The topological polar surface area (TPSA) is 88.8 Å². The van der Waals surface area contributed by atoms with E-state index in [1.165, 1.54) is 0 Å². The average molecular weight is 363 g/mol.